The molecule has 15 heavy (non-hydrogen) atoms. The summed E-state index contributed by atoms with van der Waals surface area (Å²) >= 11 is 0. The Morgan fingerprint density at radius 1 is 1.47 bits per heavy atom. The van der Waals surface area contributed by atoms with Gasteiger partial charge in [-0.05, 0) is 11.1 Å². The second-order valence-electron chi connectivity index (χ2n) is 2.41. The summed E-state index contributed by atoms with van der Waals surface area (Å²) in [4.78, 5) is 12.7. The first kappa shape index (κ1) is 13.9. The van der Waals surface area contributed by atoms with Crippen LogP contribution in [0.15, 0.2) is 29.4 Å². The van der Waals surface area contributed by atoms with E-state index in [9.17, 15) is 4.79 Å². The Labute approximate surface area is 111 Å². The average molecular weight is 282 g/mol. The van der Waals surface area contributed by atoms with Crippen molar-refractivity contribution in [3.63, 3.8) is 0 Å². The predicted molar refractivity (Wildman–Crippen MR) is 48.1 cm³/mol. The van der Waals surface area contributed by atoms with Gasteiger partial charge in [0.2, 0.25) is 0 Å². The smallest absolute Gasteiger partial charge is 0.450 e. The standard InChI is InChI=1S/C8H7N3O3.Y/c9-11-10-7-3-1-6(2-4-7)5-14-8(12)13;/h1-4H,5H2,(H,12,13);. The molecular weight excluding hydrogens is 275 g/mol. The molecular formula is C8H7N3O3Y. The fraction of sp³-hybridized carbons (Fsp3) is 0.125. The van der Waals surface area contributed by atoms with Crippen LogP contribution in [0.5, 0.6) is 0 Å². The van der Waals surface area contributed by atoms with Gasteiger partial charge in [-0.25, -0.2) is 4.79 Å². The predicted octanol–water partition coefficient (Wildman–Crippen LogP) is 2.82. The molecule has 1 aromatic carbocycles. The third kappa shape index (κ3) is 5.37. The van der Waals surface area contributed by atoms with Crippen LogP contribution in [0.2, 0.25) is 0 Å². The number of hydrogen-bond donors (Lipinski definition) is 1. The van der Waals surface area contributed by atoms with Crippen LogP contribution in [-0.2, 0) is 44.1 Å². The van der Waals surface area contributed by atoms with Crippen molar-refractivity contribution >= 4 is 11.8 Å². The Morgan fingerprint density at radius 2 is 2.07 bits per heavy atom. The van der Waals surface area contributed by atoms with Gasteiger partial charge in [0.05, 0.1) is 0 Å². The van der Waals surface area contributed by atoms with Gasteiger partial charge in [-0.15, -0.1) is 0 Å². The van der Waals surface area contributed by atoms with Crippen molar-refractivity contribution in [2.75, 3.05) is 0 Å². The van der Waals surface area contributed by atoms with Crippen molar-refractivity contribution in [2.45, 2.75) is 6.61 Å². The summed E-state index contributed by atoms with van der Waals surface area (Å²) in [6.45, 7) is -0.00805. The van der Waals surface area contributed by atoms with E-state index in [1.807, 2.05) is 0 Å². The number of benzene rings is 1. The molecule has 0 amide bonds. The van der Waals surface area contributed by atoms with Crippen molar-refractivity contribution < 1.29 is 47.3 Å². The molecule has 0 saturated heterocycles. The summed E-state index contributed by atoms with van der Waals surface area (Å²) in [6.07, 6.45) is -1.32. The van der Waals surface area contributed by atoms with Crippen LogP contribution in [0.1, 0.15) is 5.56 Å². The summed E-state index contributed by atoms with van der Waals surface area (Å²) in [6, 6.07) is 6.43. The molecule has 0 saturated carbocycles. The molecule has 0 atom stereocenters. The third-order valence-electron chi connectivity index (χ3n) is 1.46. The zero-order valence-electron chi connectivity index (χ0n) is 7.70. The first-order valence-electron chi connectivity index (χ1n) is 3.72. The van der Waals surface area contributed by atoms with E-state index in [0.29, 0.717) is 11.3 Å². The maximum absolute atomic E-state index is 10.1. The SMILES string of the molecule is [N-]=[N+]=Nc1ccc(COC(=O)O)cc1.[Y]. The van der Waals surface area contributed by atoms with Crippen molar-refractivity contribution in [1.29, 1.82) is 0 Å². The van der Waals surface area contributed by atoms with Gasteiger partial charge in [-0.1, -0.05) is 29.4 Å². The maximum atomic E-state index is 10.1. The average Bonchev–Trinajstić information content (AvgIpc) is 2.17. The van der Waals surface area contributed by atoms with Crippen molar-refractivity contribution in [2.24, 2.45) is 5.11 Å². The fourth-order valence-corrected chi connectivity index (χ4v) is 0.856. The normalized spacial score (nSPS) is 8.27. The number of nitrogens with zero attached hydrogens (tertiary/aromatic N) is 3. The molecule has 0 aromatic heterocycles. The van der Waals surface area contributed by atoms with E-state index in [4.69, 9.17) is 10.6 Å². The minimum Gasteiger partial charge on any atom is -0.450 e. The minimum absolute atomic E-state index is 0. The van der Waals surface area contributed by atoms with E-state index in [-0.39, 0.29) is 39.3 Å². The van der Waals surface area contributed by atoms with Gasteiger partial charge in [0.15, 0.2) is 0 Å². The largest absolute Gasteiger partial charge is 0.506 e. The second kappa shape index (κ2) is 7.23. The number of ether oxygens (including phenoxy) is 1. The Kier molecular flexibility index (Phi) is 6.70. The molecule has 75 valence electrons. The van der Waals surface area contributed by atoms with Crippen molar-refractivity contribution in [1.82, 2.24) is 0 Å². The Balaban J connectivity index is 0.00000196. The summed E-state index contributed by atoms with van der Waals surface area (Å²) in [5.74, 6) is 0. The van der Waals surface area contributed by atoms with Gasteiger partial charge in [-0.3, -0.25) is 0 Å². The molecule has 1 rings (SSSR count). The van der Waals surface area contributed by atoms with Crippen LogP contribution in [-0.4, -0.2) is 11.3 Å². The first-order valence-corrected chi connectivity index (χ1v) is 3.72. The number of carboxylic acid groups (broad SMARTS) is 1. The van der Waals surface area contributed by atoms with Gasteiger partial charge >= 0.3 is 6.16 Å². The van der Waals surface area contributed by atoms with Crippen LogP contribution >= 0.6 is 0 Å². The molecule has 0 bridgehead atoms. The number of hydrogen-bond acceptors (Lipinski definition) is 3. The molecule has 0 heterocycles. The Bertz CT molecular complexity index is 373. The van der Waals surface area contributed by atoms with E-state index in [1.54, 1.807) is 24.3 Å². The van der Waals surface area contributed by atoms with E-state index in [1.165, 1.54) is 0 Å². The summed E-state index contributed by atoms with van der Waals surface area (Å²) < 4.78 is 4.34. The molecule has 0 unspecified atom stereocenters. The molecule has 1 N–H and O–H groups in total. The van der Waals surface area contributed by atoms with Gasteiger partial charge in [0.1, 0.15) is 6.61 Å². The molecule has 6 nitrogen and oxygen atoms in total. The second-order valence-corrected chi connectivity index (χ2v) is 2.41. The molecule has 0 aliphatic carbocycles. The van der Waals surface area contributed by atoms with Crippen LogP contribution < -0.4 is 0 Å². The topological polar surface area (TPSA) is 95.3 Å². The Morgan fingerprint density at radius 3 is 2.53 bits per heavy atom. The number of carbonyl (C=O) groups is 1. The molecule has 1 radical (unpaired) electrons. The number of azide groups is 1. The zero-order valence-corrected chi connectivity index (χ0v) is 10.5. The van der Waals surface area contributed by atoms with Gasteiger partial charge < -0.3 is 9.84 Å². The van der Waals surface area contributed by atoms with Crippen molar-refractivity contribution in [3.8, 4) is 0 Å². The molecule has 0 spiro atoms. The number of rotatable bonds is 3. The van der Waals surface area contributed by atoms with Gasteiger partial charge in [0, 0.05) is 43.3 Å². The zero-order chi connectivity index (χ0) is 10.4. The monoisotopic (exact) mass is 282 g/mol. The van der Waals surface area contributed by atoms with E-state index >= 15 is 0 Å². The first-order chi connectivity index (χ1) is 6.72. The van der Waals surface area contributed by atoms with E-state index in [2.05, 4.69) is 14.8 Å². The fourth-order valence-electron chi connectivity index (χ4n) is 0.856. The quantitative estimate of drug-likeness (QED) is 0.399. The van der Waals surface area contributed by atoms with Gasteiger partial charge in [-0.2, -0.15) is 0 Å². The molecule has 0 fully saturated rings. The van der Waals surface area contributed by atoms with Crippen LogP contribution in [0, 0.1) is 0 Å². The third-order valence-corrected chi connectivity index (χ3v) is 1.46. The van der Waals surface area contributed by atoms with Crippen LogP contribution in [0.25, 0.3) is 10.4 Å². The maximum Gasteiger partial charge on any atom is 0.506 e. The molecule has 0 aliphatic rings. The minimum atomic E-state index is -1.32. The molecule has 1 aromatic rings. The molecule has 0 aliphatic heterocycles. The van der Waals surface area contributed by atoms with Crippen LogP contribution in [0.3, 0.4) is 0 Å². The summed E-state index contributed by atoms with van der Waals surface area (Å²) in [7, 11) is 0. The van der Waals surface area contributed by atoms with E-state index < -0.39 is 6.16 Å². The summed E-state index contributed by atoms with van der Waals surface area (Å²) in [5, 5.41) is 11.6. The van der Waals surface area contributed by atoms with Crippen molar-refractivity contribution in [3.05, 3.63) is 40.3 Å². The Hall–Kier alpha value is -1.10. The van der Waals surface area contributed by atoms with E-state index in [0.717, 1.165) is 0 Å². The summed E-state index contributed by atoms with van der Waals surface area (Å²) in [5.41, 5.74) is 9.30. The van der Waals surface area contributed by atoms with Gasteiger partial charge in [0.25, 0.3) is 0 Å². The van der Waals surface area contributed by atoms with Crippen LogP contribution in [0.4, 0.5) is 10.5 Å². The molecule has 7 heteroatoms.